The summed E-state index contributed by atoms with van der Waals surface area (Å²) in [6, 6.07) is 2.41. The zero-order valence-corrected chi connectivity index (χ0v) is 14.5. The minimum Gasteiger partial charge on any atom is -0.387 e. The molecule has 0 amide bonds. The third kappa shape index (κ3) is 4.31. The molecule has 3 nitrogen and oxygen atoms in total. The van der Waals surface area contributed by atoms with E-state index in [9.17, 15) is 5.11 Å². The van der Waals surface area contributed by atoms with Crippen molar-refractivity contribution >= 4 is 11.6 Å². The van der Waals surface area contributed by atoms with E-state index >= 15 is 0 Å². The Morgan fingerprint density at radius 3 is 2.77 bits per heavy atom. The van der Waals surface area contributed by atoms with Gasteiger partial charge in [-0.05, 0) is 43.7 Å². The smallest absolute Gasteiger partial charge is 0.131 e. The van der Waals surface area contributed by atoms with Crippen LogP contribution in [-0.2, 0) is 0 Å². The number of nitrogens with one attached hydrogen (secondary N) is 1. The first-order chi connectivity index (χ1) is 10.5. The van der Waals surface area contributed by atoms with Crippen molar-refractivity contribution < 1.29 is 5.11 Å². The molecule has 1 heterocycles. The third-order valence-corrected chi connectivity index (χ3v) is 4.93. The van der Waals surface area contributed by atoms with Gasteiger partial charge in [-0.2, -0.15) is 0 Å². The molecule has 122 valence electrons. The normalized spacial score (nSPS) is 24.2. The largest absolute Gasteiger partial charge is 0.387 e. The van der Waals surface area contributed by atoms with E-state index in [4.69, 9.17) is 11.6 Å². The SMILES string of the molecule is CCC[C@@H](NC1CC=CC[C@@H]1C)[C@H](O)c1cnc(Cl)c(C)c1. The average molecular weight is 323 g/mol. The lowest BCUT2D eigenvalue weighted by Crippen LogP contribution is -2.45. The molecule has 0 aliphatic heterocycles. The van der Waals surface area contributed by atoms with E-state index < -0.39 is 6.10 Å². The Morgan fingerprint density at radius 2 is 2.14 bits per heavy atom. The van der Waals surface area contributed by atoms with Gasteiger partial charge in [0.25, 0.3) is 0 Å². The summed E-state index contributed by atoms with van der Waals surface area (Å²) in [6.07, 6.45) is 9.74. The van der Waals surface area contributed by atoms with Crippen molar-refractivity contribution in [3.8, 4) is 0 Å². The fourth-order valence-corrected chi connectivity index (χ4v) is 3.18. The molecule has 1 aliphatic carbocycles. The number of halogens is 1. The van der Waals surface area contributed by atoms with Gasteiger partial charge >= 0.3 is 0 Å². The number of rotatable bonds is 6. The Balaban J connectivity index is 2.11. The van der Waals surface area contributed by atoms with E-state index in [1.54, 1.807) is 6.20 Å². The van der Waals surface area contributed by atoms with Crippen LogP contribution in [0.5, 0.6) is 0 Å². The number of aliphatic hydroxyl groups is 1. The standard InChI is InChI=1S/C18H27ClN2O/c1-4-7-16(21-15-9-6-5-8-12(15)2)17(22)14-10-13(3)18(19)20-11-14/h5-6,10-12,15-17,21-22H,4,7-9H2,1-3H3/t12-,15?,16+,17+/m0/s1. The molecule has 2 N–H and O–H groups in total. The maximum absolute atomic E-state index is 10.8. The van der Waals surface area contributed by atoms with Crippen molar-refractivity contribution in [1.29, 1.82) is 0 Å². The molecule has 0 saturated heterocycles. The van der Waals surface area contributed by atoms with E-state index in [1.807, 2.05) is 13.0 Å². The number of nitrogens with zero attached hydrogens (tertiary/aromatic N) is 1. The van der Waals surface area contributed by atoms with E-state index in [1.165, 1.54) is 0 Å². The highest BCUT2D eigenvalue weighted by Gasteiger charge is 2.26. The van der Waals surface area contributed by atoms with Crippen LogP contribution in [-0.4, -0.2) is 22.2 Å². The van der Waals surface area contributed by atoms with Gasteiger partial charge in [0.2, 0.25) is 0 Å². The average Bonchev–Trinajstić information content (AvgIpc) is 2.51. The Morgan fingerprint density at radius 1 is 1.41 bits per heavy atom. The quantitative estimate of drug-likeness (QED) is 0.609. The maximum Gasteiger partial charge on any atom is 0.131 e. The van der Waals surface area contributed by atoms with E-state index in [2.05, 4.69) is 36.3 Å². The molecule has 1 aromatic rings. The predicted molar refractivity (Wildman–Crippen MR) is 92.1 cm³/mol. The summed E-state index contributed by atoms with van der Waals surface area (Å²) >= 11 is 5.98. The zero-order chi connectivity index (χ0) is 16.1. The first-order valence-corrected chi connectivity index (χ1v) is 8.61. The fourth-order valence-electron chi connectivity index (χ4n) is 3.07. The van der Waals surface area contributed by atoms with Crippen molar-refractivity contribution in [3.63, 3.8) is 0 Å². The molecule has 4 heteroatoms. The van der Waals surface area contributed by atoms with Crippen LogP contribution in [0.1, 0.15) is 56.8 Å². The number of aryl methyl sites for hydroxylation is 1. The van der Waals surface area contributed by atoms with Crippen LogP contribution in [0.15, 0.2) is 24.4 Å². The summed E-state index contributed by atoms with van der Waals surface area (Å²) < 4.78 is 0. The number of hydrogen-bond donors (Lipinski definition) is 2. The van der Waals surface area contributed by atoms with Gasteiger partial charge in [0.15, 0.2) is 0 Å². The van der Waals surface area contributed by atoms with Crippen molar-refractivity contribution in [2.24, 2.45) is 5.92 Å². The maximum atomic E-state index is 10.8. The van der Waals surface area contributed by atoms with Crippen LogP contribution in [0.2, 0.25) is 5.15 Å². The minimum atomic E-state index is -0.554. The van der Waals surface area contributed by atoms with Gasteiger partial charge in [-0.15, -0.1) is 0 Å². The molecular formula is C18H27ClN2O. The lowest BCUT2D eigenvalue weighted by molar-refractivity contribution is 0.109. The molecule has 0 spiro atoms. The molecule has 1 aliphatic rings. The second-order valence-corrected chi connectivity index (χ2v) is 6.77. The first kappa shape index (κ1) is 17.5. The molecule has 1 aromatic heterocycles. The Kier molecular flexibility index (Phi) is 6.42. The van der Waals surface area contributed by atoms with Gasteiger partial charge < -0.3 is 10.4 Å². The molecule has 0 radical (unpaired) electrons. The van der Waals surface area contributed by atoms with E-state index in [0.29, 0.717) is 17.1 Å². The van der Waals surface area contributed by atoms with Gasteiger partial charge in [-0.1, -0.05) is 44.0 Å². The van der Waals surface area contributed by atoms with Gasteiger partial charge in [-0.3, -0.25) is 0 Å². The summed E-state index contributed by atoms with van der Waals surface area (Å²) in [5.41, 5.74) is 1.74. The number of pyridine rings is 1. The second kappa shape index (κ2) is 8.09. The van der Waals surface area contributed by atoms with Crippen LogP contribution >= 0.6 is 11.6 Å². The van der Waals surface area contributed by atoms with Crippen LogP contribution in [0.25, 0.3) is 0 Å². The summed E-state index contributed by atoms with van der Waals surface area (Å²) in [6.45, 7) is 6.34. The summed E-state index contributed by atoms with van der Waals surface area (Å²) in [5, 5.41) is 15.0. The van der Waals surface area contributed by atoms with Crippen LogP contribution in [0.3, 0.4) is 0 Å². The van der Waals surface area contributed by atoms with Crippen molar-refractivity contribution in [2.75, 3.05) is 0 Å². The lowest BCUT2D eigenvalue weighted by Gasteiger charge is -2.33. The van der Waals surface area contributed by atoms with Crippen molar-refractivity contribution in [1.82, 2.24) is 10.3 Å². The number of hydrogen-bond acceptors (Lipinski definition) is 3. The van der Waals surface area contributed by atoms with Gasteiger partial charge in [-0.25, -0.2) is 4.98 Å². The molecule has 4 atom stereocenters. The molecule has 0 bridgehead atoms. The monoisotopic (exact) mass is 322 g/mol. The number of aromatic nitrogens is 1. The van der Waals surface area contributed by atoms with E-state index in [0.717, 1.165) is 36.8 Å². The van der Waals surface area contributed by atoms with E-state index in [-0.39, 0.29) is 6.04 Å². The Hall–Kier alpha value is -0.900. The Bertz CT molecular complexity index is 518. The summed E-state index contributed by atoms with van der Waals surface area (Å²) in [7, 11) is 0. The highest BCUT2D eigenvalue weighted by molar-refractivity contribution is 6.30. The molecule has 2 rings (SSSR count). The minimum absolute atomic E-state index is 0.0475. The lowest BCUT2D eigenvalue weighted by atomic mass is 9.88. The highest BCUT2D eigenvalue weighted by atomic mass is 35.5. The highest BCUT2D eigenvalue weighted by Crippen LogP contribution is 2.26. The first-order valence-electron chi connectivity index (χ1n) is 8.24. The van der Waals surface area contributed by atoms with Gasteiger partial charge in [0, 0.05) is 23.8 Å². The topological polar surface area (TPSA) is 45.1 Å². The predicted octanol–water partition coefficient (Wildman–Crippen LogP) is 4.19. The molecule has 22 heavy (non-hydrogen) atoms. The molecule has 0 aromatic carbocycles. The van der Waals surface area contributed by atoms with Gasteiger partial charge in [0.05, 0.1) is 6.10 Å². The molecular weight excluding hydrogens is 296 g/mol. The van der Waals surface area contributed by atoms with Crippen molar-refractivity contribution in [3.05, 3.63) is 40.7 Å². The third-order valence-electron chi connectivity index (χ3n) is 4.54. The van der Waals surface area contributed by atoms with Gasteiger partial charge in [0.1, 0.15) is 5.15 Å². The summed E-state index contributed by atoms with van der Waals surface area (Å²) in [4.78, 5) is 4.17. The zero-order valence-electron chi connectivity index (χ0n) is 13.7. The number of allylic oxidation sites excluding steroid dienone is 1. The van der Waals surface area contributed by atoms with Crippen LogP contribution < -0.4 is 5.32 Å². The van der Waals surface area contributed by atoms with Crippen LogP contribution in [0.4, 0.5) is 0 Å². The molecule has 1 unspecified atom stereocenters. The Labute approximate surface area is 138 Å². The molecule has 0 fully saturated rings. The summed E-state index contributed by atoms with van der Waals surface area (Å²) in [5.74, 6) is 0.599. The molecule has 0 saturated carbocycles. The fraction of sp³-hybridized carbons (Fsp3) is 0.611. The second-order valence-electron chi connectivity index (χ2n) is 6.41. The number of aliphatic hydroxyl groups excluding tert-OH is 1. The van der Waals surface area contributed by atoms with Crippen LogP contribution in [0, 0.1) is 12.8 Å². The van der Waals surface area contributed by atoms with Crippen molar-refractivity contribution in [2.45, 2.75) is 64.6 Å².